The highest BCUT2D eigenvalue weighted by Gasteiger charge is 2.11. The quantitative estimate of drug-likeness (QED) is 0.391. The fraction of sp³-hybridized carbons (Fsp3) is 0.231. The van der Waals surface area contributed by atoms with Gasteiger partial charge in [-0.15, -0.1) is 0 Å². The van der Waals surface area contributed by atoms with Gasteiger partial charge in [0.1, 0.15) is 11.6 Å². The largest absolute Gasteiger partial charge is 0.437 e. The zero-order valence-corrected chi connectivity index (χ0v) is 11.9. The molecule has 0 radical (unpaired) electrons. The number of thioether (sulfide) groups is 1. The van der Waals surface area contributed by atoms with Crippen LogP contribution in [0.15, 0.2) is 27.8 Å². The topological polar surface area (TPSA) is 81.2 Å². The molecule has 5 nitrogen and oxygen atoms in total. The van der Waals surface area contributed by atoms with E-state index in [0.717, 1.165) is 11.5 Å². The molecule has 2 rings (SSSR count). The molecule has 3 N–H and O–H groups in total. The van der Waals surface area contributed by atoms with E-state index in [4.69, 9.17) is 10.3 Å². The maximum absolute atomic E-state index is 13.7. The van der Waals surface area contributed by atoms with Crippen LogP contribution in [0.1, 0.15) is 27.4 Å². The molecular weight excluding hydrogens is 281 g/mol. The fourth-order valence-corrected chi connectivity index (χ4v) is 2.44. The highest BCUT2D eigenvalue weighted by atomic mass is 32.2. The first-order valence-corrected chi connectivity index (χ1v) is 6.86. The Morgan fingerprint density at radius 2 is 2.25 bits per heavy atom. The van der Waals surface area contributed by atoms with Gasteiger partial charge in [-0.2, -0.15) is 0 Å². The summed E-state index contributed by atoms with van der Waals surface area (Å²) in [5.41, 5.74) is 3.53. The van der Waals surface area contributed by atoms with E-state index < -0.39 is 5.91 Å². The van der Waals surface area contributed by atoms with E-state index in [1.54, 1.807) is 0 Å². The summed E-state index contributed by atoms with van der Waals surface area (Å²) in [5.74, 6) is 5.27. The number of amides is 1. The fourth-order valence-electron chi connectivity index (χ4n) is 1.55. The van der Waals surface area contributed by atoms with Crippen LogP contribution in [0.25, 0.3) is 0 Å². The number of aryl methyl sites for hydroxylation is 2. The molecule has 1 heterocycles. The summed E-state index contributed by atoms with van der Waals surface area (Å²) in [6, 6.07) is 4.09. The van der Waals surface area contributed by atoms with Gasteiger partial charge in [0.25, 0.3) is 11.1 Å². The normalized spacial score (nSPS) is 10.6. The van der Waals surface area contributed by atoms with Crippen LogP contribution in [-0.2, 0) is 5.75 Å². The SMILES string of the molecule is Cc1nc(SCc2cc(C(=O)NN)ccc2F)oc1C. The molecule has 0 atom stereocenters. The third-order valence-corrected chi connectivity index (χ3v) is 3.68. The Morgan fingerprint density at radius 3 is 2.85 bits per heavy atom. The zero-order valence-electron chi connectivity index (χ0n) is 11.1. The first kappa shape index (κ1) is 14.5. The Labute approximate surface area is 119 Å². The second-order valence-electron chi connectivity index (χ2n) is 4.19. The molecule has 1 aromatic carbocycles. The van der Waals surface area contributed by atoms with Gasteiger partial charge in [0.05, 0.1) is 5.69 Å². The Morgan fingerprint density at radius 1 is 1.50 bits per heavy atom. The number of nitrogens with one attached hydrogen (secondary N) is 1. The van der Waals surface area contributed by atoms with Gasteiger partial charge >= 0.3 is 0 Å². The predicted octanol–water partition coefficient (Wildman–Crippen LogP) is 2.33. The van der Waals surface area contributed by atoms with E-state index in [2.05, 4.69) is 4.98 Å². The summed E-state index contributed by atoms with van der Waals surface area (Å²) in [5, 5.41) is 0.480. The average Bonchev–Trinajstić information content (AvgIpc) is 2.76. The Balaban J connectivity index is 2.14. The number of benzene rings is 1. The lowest BCUT2D eigenvalue weighted by Gasteiger charge is -2.04. The lowest BCUT2D eigenvalue weighted by molar-refractivity contribution is 0.0953. The molecule has 0 aliphatic heterocycles. The average molecular weight is 295 g/mol. The number of halogens is 1. The molecule has 0 aliphatic rings. The van der Waals surface area contributed by atoms with Gasteiger partial charge in [-0.05, 0) is 37.6 Å². The highest BCUT2D eigenvalue weighted by molar-refractivity contribution is 7.98. The minimum Gasteiger partial charge on any atom is -0.437 e. The maximum Gasteiger partial charge on any atom is 0.265 e. The van der Waals surface area contributed by atoms with Crippen LogP contribution >= 0.6 is 11.8 Å². The number of hydrogen-bond acceptors (Lipinski definition) is 5. The van der Waals surface area contributed by atoms with E-state index in [-0.39, 0.29) is 5.82 Å². The van der Waals surface area contributed by atoms with Crippen molar-refractivity contribution >= 4 is 17.7 Å². The summed E-state index contributed by atoms with van der Waals surface area (Å²) in [7, 11) is 0. The monoisotopic (exact) mass is 295 g/mol. The smallest absolute Gasteiger partial charge is 0.265 e. The molecule has 106 valence electrons. The van der Waals surface area contributed by atoms with Gasteiger partial charge in [-0.25, -0.2) is 15.2 Å². The number of nitrogens with zero attached hydrogens (tertiary/aromatic N) is 1. The molecule has 1 aromatic heterocycles. The van der Waals surface area contributed by atoms with Gasteiger partial charge in [0.15, 0.2) is 0 Å². The van der Waals surface area contributed by atoms with Gasteiger partial charge in [0, 0.05) is 11.3 Å². The Bertz CT molecular complexity index is 623. The Kier molecular flexibility index (Phi) is 4.41. The van der Waals surface area contributed by atoms with Crippen molar-refractivity contribution in [3.05, 3.63) is 46.6 Å². The van der Waals surface area contributed by atoms with Crippen molar-refractivity contribution in [3.63, 3.8) is 0 Å². The zero-order chi connectivity index (χ0) is 14.7. The molecule has 7 heteroatoms. The van der Waals surface area contributed by atoms with E-state index >= 15 is 0 Å². The number of aromatic nitrogens is 1. The molecule has 0 bridgehead atoms. The number of oxazole rings is 1. The molecule has 0 fully saturated rings. The maximum atomic E-state index is 13.7. The lowest BCUT2D eigenvalue weighted by atomic mass is 10.1. The van der Waals surface area contributed by atoms with Crippen LogP contribution in [0, 0.1) is 19.7 Å². The van der Waals surface area contributed by atoms with Gasteiger partial charge in [-0.1, -0.05) is 11.8 Å². The molecule has 0 spiro atoms. The van der Waals surface area contributed by atoms with Gasteiger partial charge < -0.3 is 4.42 Å². The molecule has 0 saturated carbocycles. The number of hydrogen-bond donors (Lipinski definition) is 2. The van der Waals surface area contributed by atoms with Crippen molar-refractivity contribution < 1.29 is 13.6 Å². The van der Waals surface area contributed by atoms with Gasteiger partial charge in [0.2, 0.25) is 0 Å². The van der Waals surface area contributed by atoms with Crippen LogP contribution in [0.3, 0.4) is 0 Å². The van der Waals surface area contributed by atoms with E-state index in [1.165, 1.54) is 30.0 Å². The molecule has 0 saturated heterocycles. The molecule has 0 aliphatic carbocycles. The summed E-state index contributed by atoms with van der Waals surface area (Å²) in [6.07, 6.45) is 0. The van der Waals surface area contributed by atoms with E-state index in [1.807, 2.05) is 19.3 Å². The Hall–Kier alpha value is -1.86. The van der Waals surface area contributed by atoms with Crippen LogP contribution in [0.2, 0.25) is 0 Å². The van der Waals surface area contributed by atoms with Gasteiger partial charge in [-0.3, -0.25) is 10.2 Å². The standard InChI is InChI=1S/C13H14FN3O2S/c1-7-8(2)19-13(16-7)20-6-10-5-9(12(18)17-15)3-4-11(10)14/h3-5H,6,15H2,1-2H3,(H,17,18). The number of nitrogens with two attached hydrogens (primary N) is 1. The predicted molar refractivity (Wildman–Crippen MR) is 73.6 cm³/mol. The van der Waals surface area contributed by atoms with Crippen molar-refractivity contribution in [2.75, 3.05) is 0 Å². The summed E-state index contributed by atoms with van der Waals surface area (Å²) >= 11 is 1.27. The third-order valence-electron chi connectivity index (χ3n) is 2.80. The molecular formula is C13H14FN3O2S. The van der Waals surface area contributed by atoms with Crippen molar-refractivity contribution in [2.45, 2.75) is 24.8 Å². The van der Waals surface area contributed by atoms with Crippen LogP contribution < -0.4 is 11.3 Å². The number of carbonyl (C=O) groups excluding carboxylic acids is 1. The molecule has 20 heavy (non-hydrogen) atoms. The summed E-state index contributed by atoms with van der Waals surface area (Å²) < 4.78 is 19.1. The third kappa shape index (κ3) is 3.17. The van der Waals surface area contributed by atoms with Crippen LogP contribution in [0.5, 0.6) is 0 Å². The second-order valence-corrected chi connectivity index (χ2v) is 5.12. The van der Waals surface area contributed by atoms with Crippen molar-refractivity contribution in [1.29, 1.82) is 0 Å². The number of rotatable bonds is 4. The van der Waals surface area contributed by atoms with Crippen molar-refractivity contribution in [3.8, 4) is 0 Å². The van der Waals surface area contributed by atoms with Crippen LogP contribution in [-0.4, -0.2) is 10.9 Å². The van der Waals surface area contributed by atoms with Crippen molar-refractivity contribution in [1.82, 2.24) is 10.4 Å². The summed E-state index contributed by atoms with van der Waals surface area (Å²) in [4.78, 5) is 15.6. The van der Waals surface area contributed by atoms with Crippen molar-refractivity contribution in [2.24, 2.45) is 5.84 Å². The first-order valence-electron chi connectivity index (χ1n) is 5.87. The molecule has 0 unspecified atom stereocenters. The second kappa shape index (κ2) is 6.06. The summed E-state index contributed by atoms with van der Waals surface area (Å²) in [6.45, 7) is 3.66. The first-order chi connectivity index (χ1) is 9.51. The lowest BCUT2D eigenvalue weighted by Crippen LogP contribution is -2.30. The van der Waals surface area contributed by atoms with E-state index in [0.29, 0.717) is 22.1 Å². The molecule has 2 aromatic rings. The van der Waals surface area contributed by atoms with Crippen LogP contribution in [0.4, 0.5) is 4.39 Å². The molecule has 1 amide bonds. The highest BCUT2D eigenvalue weighted by Crippen LogP contribution is 2.25. The number of nitrogen functional groups attached to an aromatic ring is 1. The number of hydrazine groups is 1. The minimum absolute atomic E-state index is 0.310. The minimum atomic E-state index is -0.459. The van der Waals surface area contributed by atoms with E-state index in [9.17, 15) is 9.18 Å². The number of carbonyl (C=O) groups is 1.